The molecule has 1 aromatic rings. The Kier molecular flexibility index (Phi) is 14.9. The van der Waals surface area contributed by atoms with Gasteiger partial charge in [-0.25, -0.2) is 0 Å². The summed E-state index contributed by atoms with van der Waals surface area (Å²) < 4.78 is 0. The minimum absolute atomic E-state index is 0. The molecule has 0 fully saturated rings. The molecule has 0 saturated carbocycles. The van der Waals surface area contributed by atoms with Gasteiger partial charge in [0, 0.05) is 37.3 Å². The molecular weight excluding hydrogens is 417 g/mol. The van der Waals surface area contributed by atoms with E-state index in [2.05, 4.69) is 77.3 Å². The quantitative estimate of drug-likeness (QED) is 0.460. The zero-order chi connectivity index (χ0) is 21.5. The molecule has 176 valence electrons. The number of nitrogens with zero attached hydrogens (tertiary/aromatic N) is 2. The fraction of sp³-hybridized carbons (Fsp3) is 0.708. The van der Waals surface area contributed by atoms with Crippen LogP contribution < -0.4 is 5.73 Å². The van der Waals surface area contributed by atoms with Crippen molar-refractivity contribution in [2.45, 2.75) is 97.8 Å². The summed E-state index contributed by atoms with van der Waals surface area (Å²) >= 11 is 0. The van der Waals surface area contributed by atoms with E-state index in [0.717, 1.165) is 31.5 Å². The zero-order valence-corrected chi connectivity index (χ0v) is 21.9. The highest BCUT2D eigenvalue weighted by Crippen LogP contribution is 2.33. The highest BCUT2D eigenvalue weighted by atomic mass is 35.5. The molecule has 30 heavy (non-hydrogen) atoms. The van der Waals surface area contributed by atoms with Gasteiger partial charge in [0.15, 0.2) is 0 Å². The van der Waals surface area contributed by atoms with E-state index in [1.165, 1.54) is 0 Å². The number of benzene rings is 1. The Hall–Kier alpha value is -0.810. The van der Waals surface area contributed by atoms with Crippen molar-refractivity contribution in [3.63, 3.8) is 0 Å². The maximum Gasteiger partial charge on any atom is 0.228 e. The van der Waals surface area contributed by atoms with Crippen molar-refractivity contribution in [1.82, 2.24) is 9.80 Å². The highest BCUT2D eigenvalue weighted by molar-refractivity contribution is 5.86. The van der Waals surface area contributed by atoms with E-state index < -0.39 is 5.41 Å². The topological polar surface area (TPSA) is 49.6 Å². The van der Waals surface area contributed by atoms with Crippen LogP contribution in [0.2, 0.25) is 0 Å². The van der Waals surface area contributed by atoms with Crippen LogP contribution in [0.3, 0.4) is 0 Å². The smallest absolute Gasteiger partial charge is 0.228 e. The molecular formula is C24H45Cl2N3O. The molecule has 0 aliphatic rings. The van der Waals surface area contributed by atoms with E-state index in [-0.39, 0.29) is 30.7 Å². The van der Waals surface area contributed by atoms with Crippen molar-refractivity contribution < 1.29 is 4.79 Å². The third-order valence-electron chi connectivity index (χ3n) is 6.04. The Morgan fingerprint density at radius 2 is 1.10 bits per heavy atom. The lowest BCUT2D eigenvalue weighted by molar-refractivity contribution is -0.124. The minimum atomic E-state index is -0.648. The van der Waals surface area contributed by atoms with Crippen molar-refractivity contribution in [2.24, 2.45) is 5.73 Å². The number of primary amides is 1. The summed E-state index contributed by atoms with van der Waals surface area (Å²) in [7, 11) is 0. The Bertz CT molecular complexity index is 551. The number of halogens is 2. The SMILES string of the molecule is CC(C)N(CCC(CCN(C(C)C)C(C)C)(C(N)=O)c1ccccc1)C(C)C.Cl.Cl. The largest absolute Gasteiger partial charge is 0.369 e. The van der Waals surface area contributed by atoms with Crippen LogP contribution in [0.4, 0.5) is 0 Å². The summed E-state index contributed by atoms with van der Waals surface area (Å²) in [5, 5.41) is 0. The fourth-order valence-electron chi connectivity index (χ4n) is 4.42. The number of carbonyl (C=O) groups is 1. The van der Waals surface area contributed by atoms with Gasteiger partial charge in [-0.3, -0.25) is 14.6 Å². The average Bonchev–Trinajstić information content (AvgIpc) is 2.59. The normalized spacial score (nSPS) is 12.1. The molecule has 0 unspecified atom stereocenters. The predicted molar refractivity (Wildman–Crippen MR) is 135 cm³/mol. The van der Waals surface area contributed by atoms with Crippen LogP contribution in [0.1, 0.15) is 73.8 Å². The van der Waals surface area contributed by atoms with Gasteiger partial charge < -0.3 is 5.73 Å². The predicted octanol–water partition coefficient (Wildman–Crippen LogP) is 5.27. The third-order valence-corrected chi connectivity index (χ3v) is 6.04. The number of rotatable bonds is 12. The molecule has 0 spiro atoms. The van der Waals surface area contributed by atoms with Gasteiger partial charge in [0.25, 0.3) is 0 Å². The Labute approximate surface area is 197 Å². The van der Waals surface area contributed by atoms with Gasteiger partial charge in [0.1, 0.15) is 0 Å². The van der Waals surface area contributed by atoms with Gasteiger partial charge in [0.2, 0.25) is 5.91 Å². The Morgan fingerprint density at radius 3 is 1.37 bits per heavy atom. The molecule has 0 bridgehead atoms. The second kappa shape index (κ2) is 14.3. The molecule has 0 aromatic heterocycles. The van der Waals surface area contributed by atoms with Crippen LogP contribution in [0, 0.1) is 0 Å². The summed E-state index contributed by atoms with van der Waals surface area (Å²) in [6.07, 6.45) is 1.49. The number of carbonyl (C=O) groups excluding carboxylic acids is 1. The van der Waals surface area contributed by atoms with Gasteiger partial charge in [0.05, 0.1) is 5.41 Å². The minimum Gasteiger partial charge on any atom is -0.369 e. The van der Waals surface area contributed by atoms with Crippen molar-refractivity contribution in [3.8, 4) is 0 Å². The van der Waals surface area contributed by atoms with Crippen LogP contribution in [-0.2, 0) is 10.2 Å². The van der Waals surface area contributed by atoms with Crippen molar-refractivity contribution in [2.75, 3.05) is 13.1 Å². The maximum atomic E-state index is 12.9. The molecule has 0 radical (unpaired) electrons. The lowest BCUT2D eigenvalue weighted by Gasteiger charge is -2.39. The number of hydrogen-bond acceptors (Lipinski definition) is 3. The van der Waals surface area contributed by atoms with Crippen LogP contribution in [-0.4, -0.2) is 53.0 Å². The zero-order valence-electron chi connectivity index (χ0n) is 20.2. The van der Waals surface area contributed by atoms with Crippen molar-refractivity contribution >= 4 is 30.7 Å². The second-order valence-electron chi connectivity index (χ2n) is 9.16. The summed E-state index contributed by atoms with van der Waals surface area (Å²) in [5.41, 5.74) is 6.50. The van der Waals surface area contributed by atoms with Crippen molar-refractivity contribution in [3.05, 3.63) is 35.9 Å². The van der Waals surface area contributed by atoms with Crippen molar-refractivity contribution in [1.29, 1.82) is 0 Å². The molecule has 0 aliphatic carbocycles. The maximum absolute atomic E-state index is 12.9. The Morgan fingerprint density at radius 1 is 0.767 bits per heavy atom. The average molecular weight is 463 g/mol. The van der Waals surface area contributed by atoms with E-state index in [4.69, 9.17) is 5.73 Å². The fourth-order valence-corrected chi connectivity index (χ4v) is 4.42. The molecule has 0 atom stereocenters. The van der Waals surface area contributed by atoms with Crippen LogP contribution in [0.25, 0.3) is 0 Å². The van der Waals surface area contributed by atoms with Gasteiger partial charge in [-0.2, -0.15) is 0 Å². The second-order valence-corrected chi connectivity index (χ2v) is 9.16. The molecule has 0 aliphatic heterocycles. The first-order valence-corrected chi connectivity index (χ1v) is 10.9. The first-order chi connectivity index (χ1) is 13.0. The van der Waals surface area contributed by atoms with E-state index in [9.17, 15) is 4.79 Å². The summed E-state index contributed by atoms with van der Waals surface area (Å²) in [4.78, 5) is 17.8. The van der Waals surface area contributed by atoms with Crippen LogP contribution >= 0.6 is 24.8 Å². The standard InChI is InChI=1S/C24H43N3O.2ClH/c1-18(2)26(19(3)4)16-14-24(23(25)28,22-12-10-9-11-13-22)15-17-27(20(5)6)21(7)8;;/h9-13,18-21H,14-17H2,1-8H3,(H2,25,28);2*1H. The van der Waals surface area contributed by atoms with E-state index >= 15 is 0 Å². The van der Waals surface area contributed by atoms with Gasteiger partial charge >= 0.3 is 0 Å². The summed E-state index contributed by atoms with van der Waals surface area (Å²) in [5.74, 6) is -0.210. The molecule has 0 heterocycles. The third kappa shape index (κ3) is 8.37. The van der Waals surface area contributed by atoms with Crippen LogP contribution in [0.15, 0.2) is 30.3 Å². The first kappa shape index (κ1) is 31.4. The highest BCUT2D eigenvalue weighted by Gasteiger charge is 2.39. The monoisotopic (exact) mass is 461 g/mol. The Balaban J connectivity index is 0. The molecule has 4 nitrogen and oxygen atoms in total. The molecule has 0 saturated heterocycles. The summed E-state index contributed by atoms with van der Waals surface area (Å²) in [6, 6.07) is 11.9. The van der Waals surface area contributed by atoms with Gasteiger partial charge in [-0.15, -0.1) is 24.8 Å². The molecule has 2 N–H and O–H groups in total. The van der Waals surface area contributed by atoms with E-state index in [1.54, 1.807) is 0 Å². The molecule has 1 rings (SSSR count). The lowest BCUT2D eigenvalue weighted by atomic mass is 9.73. The van der Waals surface area contributed by atoms with Gasteiger partial charge in [-0.05, 0) is 73.8 Å². The van der Waals surface area contributed by atoms with Crippen LogP contribution in [0.5, 0.6) is 0 Å². The summed E-state index contributed by atoms with van der Waals surface area (Å²) in [6.45, 7) is 19.4. The molecule has 1 aromatic carbocycles. The number of hydrogen-bond donors (Lipinski definition) is 1. The number of amides is 1. The molecule has 6 heteroatoms. The number of nitrogens with two attached hydrogens (primary N) is 1. The van der Waals surface area contributed by atoms with E-state index in [1.807, 2.05) is 18.2 Å². The lowest BCUT2D eigenvalue weighted by Crippen LogP contribution is -2.49. The van der Waals surface area contributed by atoms with Gasteiger partial charge in [-0.1, -0.05) is 30.3 Å². The molecule has 1 amide bonds. The van der Waals surface area contributed by atoms with E-state index in [0.29, 0.717) is 24.2 Å². The first-order valence-electron chi connectivity index (χ1n) is 10.9.